The Bertz CT molecular complexity index is 700. The standard InChI is InChI=1S/C10H17O11P3/c1-6-4-10(18-8-3-2-7(6)8)5-9(10)19-23(14,15)21-24(16,17)20-22(11,12)13/h7-9H,1-5H2,(H,14,15)(H,16,17)(H2,11,12,13)/t7?,8?,9-,10?/m0/s1. The molecule has 5 unspecified atom stereocenters. The molecule has 0 amide bonds. The second kappa shape index (κ2) is 5.81. The van der Waals surface area contributed by atoms with Gasteiger partial charge in [-0.15, -0.1) is 0 Å². The summed E-state index contributed by atoms with van der Waals surface area (Å²) >= 11 is 0. The zero-order chi connectivity index (χ0) is 18.0. The molecule has 4 N–H and O–H groups in total. The van der Waals surface area contributed by atoms with Crippen LogP contribution in [0.25, 0.3) is 0 Å². The number of ether oxygens (including phenoxy) is 1. The van der Waals surface area contributed by atoms with Crippen molar-refractivity contribution in [2.45, 2.75) is 43.5 Å². The van der Waals surface area contributed by atoms with Gasteiger partial charge in [0.1, 0.15) is 11.7 Å². The van der Waals surface area contributed by atoms with Gasteiger partial charge in [-0.1, -0.05) is 12.2 Å². The number of fused-ring (bicyclic) bond motifs is 1. The highest BCUT2D eigenvalue weighted by Gasteiger charge is 2.64. The van der Waals surface area contributed by atoms with Crippen LogP contribution >= 0.6 is 23.5 Å². The van der Waals surface area contributed by atoms with Crippen molar-refractivity contribution in [2.75, 3.05) is 0 Å². The maximum atomic E-state index is 11.8. The molecule has 1 spiro atoms. The number of rotatable bonds is 6. The van der Waals surface area contributed by atoms with E-state index in [2.05, 4.69) is 15.2 Å². The molecule has 2 aliphatic carbocycles. The summed E-state index contributed by atoms with van der Waals surface area (Å²) in [6, 6.07) is 0. The highest BCUT2D eigenvalue weighted by atomic mass is 31.3. The van der Waals surface area contributed by atoms with Crippen LogP contribution < -0.4 is 0 Å². The molecule has 1 heterocycles. The summed E-state index contributed by atoms with van der Waals surface area (Å²) in [4.78, 5) is 35.6. The van der Waals surface area contributed by atoms with Crippen molar-refractivity contribution in [3.05, 3.63) is 12.2 Å². The van der Waals surface area contributed by atoms with Crippen LogP contribution in [0.5, 0.6) is 0 Å². The van der Waals surface area contributed by atoms with Crippen LogP contribution in [0, 0.1) is 5.92 Å². The molecule has 3 aliphatic rings. The van der Waals surface area contributed by atoms with Crippen molar-refractivity contribution >= 4 is 23.5 Å². The van der Waals surface area contributed by atoms with Crippen LogP contribution in [0.15, 0.2) is 12.2 Å². The lowest BCUT2D eigenvalue weighted by atomic mass is 9.73. The minimum Gasteiger partial charge on any atom is -0.368 e. The van der Waals surface area contributed by atoms with Gasteiger partial charge >= 0.3 is 23.5 Å². The van der Waals surface area contributed by atoms with Gasteiger partial charge in [0.2, 0.25) is 0 Å². The first kappa shape index (κ1) is 18.9. The minimum absolute atomic E-state index is 0.0132. The Labute approximate surface area is 137 Å². The molecule has 0 aromatic rings. The molecular formula is C10H17O11P3. The maximum absolute atomic E-state index is 11.8. The summed E-state index contributed by atoms with van der Waals surface area (Å²) in [6.07, 6.45) is 1.68. The Morgan fingerprint density at radius 3 is 2.25 bits per heavy atom. The zero-order valence-electron chi connectivity index (χ0n) is 12.3. The average Bonchev–Trinajstić information content (AvgIpc) is 2.88. The van der Waals surface area contributed by atoms with Gasteiger partial charge < -0.3 is 24.3 Å². The molecule has 3 fully saturated rings. The maximum Gasteiger partial charge on any atom is 0.490 e. The van der Waals surface area contributed by atoms with Crippen molar-refractivity contribution in [1.82, 2.24) is 0 Å². The third-order valence-electron chi connectivity index (χ3n) is 4.28. The van der Waals surface area contributed by atoms with E-state index in [1.165, 1.54) is 0 Å². The molecule has 6 atom stereocenters. The van der Waals surface area contributed by atoms with Gasteiger partial charge in [0, 0.05) is 18.8 Å². The smallest absolute Gasteiger partial charge is 0.368 e. The van der Waals surface area contributed by atoms with Crippen molar-refractivity contribution in [3.63, 3.8) is 0 Å². The fourth-order valence-electron chi connectivity index (χ4n) is 3.09. The Morgan fingerprint density at radius 2 is 1.75 bits per heavy atom. The second-order valence-electron chi connectivity index (χ2n) is 6.13. The van der Waals surface area contributed by atoms with E-state index in [-0.39, 0.29) is 18.4 Å². The van der Waals surface area contributed by atoms with E-state index in [9.17, 15) is 18.6 Å². The molecule has 2 saturated carbocycles. The molecule has 0 aromatic heterocycles. The highest BCUT2D eigenvalue weighted by Crippen LogP contribution is 2.69. The monoisotopic (exact) mass is 406 g/mol. The van der Waals surface area contributed by atoms with E-state index < -0.39 is 35.2 Å². The molecule has 11 nitrogen and oxygen atoms in total. The summed E-state index contributed by atoms with van der Waals surface area (Å²) < 4.78 is 51.7. The van der Waals surface area contributed by atoms with Gasteiger partial charge in [0.25, 0.3) is 0 Å². The van der Waals surface area contributed by atoms with Gasteiger partial charge in [0.15, 0.2) is 0 Å². The van der Waals surface area contributed by atoms with Crippen molar-refractivity contribution in [3.8, 4) is 0 Å². The van der Waals surface area contributed by atoms with Gasteiger partial charge in [-0.2, -0.15) is 8.62 Å². The summed E-state index contributed by atoms with van der Waals surface area (Å²) in [5, 5.41) is 0. The van der Waals surface area contributed by atoms with Crippen molar-refractivity contribution < 1.29 is 51.2 Å². The zero-order valence-corrected chi connectivity index (χ0v) is 14.9. The third-order valence-corrected chi connectivity index (χ3v) is 8.13. The quantitative estimate of drug-likeness (QED) is 0.373. The lowest BCUT2D eigenvalue weighted by Gasteiger charge is -2.46. The van der Waals surface area contributed by atoms with Crippen LogP contribution in [-0.4, -0.2) is 37.4 Å². The summed E-state index contributed by atoms with van der Waals surface area (Å²) in [5.41, 5.74) is 0.152. The summed E-state index contributed by atoms with van der Waals surface area (Å²) in [5.74, 6) is 0.281. The molecule has 24 heavy (non-hydrogen) atoms. The van der Waals surface area contributed by atoms with E-state index in [0.717, 1.165) is 18.4 Å². The number of phosphoric ester groups is 1. The Balaban J connectivity index is 1.60. The molecular weight excluding hydrogens is 389 g/mol. The highest BCUT2D eigenvalue weighted by molar-refractivity contribution is 7.66. The van der Waals surface area contributed by atoms with Gasteiger partial charge in [-0.05, 0) is 12.8 Å². The normalized spacial score (nSPS) is 40.3. The van der Waals surface area contributed by atoms with Crippen LogP contribution in [-0.2, 0) is 31.6 Å². The average molecular weight is 406 g/mol. The summed E-state index contributed by atoms with van der Waals surface area (Å²) in [6.45, 7) is 3.97. The fourth-order valence-corrected chi connectivity index (χ4v) is 6.34. The van der Waals surface area contributed by atoms with E-state index in [1.54, 1.807) is 0 Å². The minimum atomic E-state index is -5.50. The summed E-state index contributed by atoms with van der Waals surface area (Å²) in [7, 11) is -16.0. The van der Waals surface area contributed by atoms with E-state index >= 15 is 0 Å². The Hall–Kier alpha value is 0.110. The van der Waals surface area contributed by atoms with Gasteiger partial charge in [0.05, 0.1) is 6.10 Å². The molecule has 0 radical (unpaired) electrons. The molecule has 0 aromatic carbocycles. The molecule has 138 valence electrons. The van der Waals surface area contributed by atoms with E-state index in [0.29, 0.717) is 6.42 Å². The third kappa shape index (κ3) is 4.09. The van der Waals surface area contributed by atoms with Crippen LogP contribution in [0.3, 0.4) is 0 Å². The molecule has 0 bridgehead atoms. The molecule has 14 heteroatoms. The lowest BCUT2D eigenvalue weighted by Crippen LogP contribution is -2.45. The molecule has 1 saturated heterocycles. The Kier molecular flexibility index (Phi) is 4.57. The largest absolute Gasteiger partial charge is 0.490 e. The van der Waals surface area contributed by atoms with Crippen LogP contribution in [0.1, 0.15) is 25.7 Å². The topological polar surface area (TPSA) is 169 Å². The SMILES string of the molecule is C=C1CC2(C[C@@H]2OP(=O)(O)OP(=O)(O)OP(=O)(O)O)OC2CCC12. The van der Waals surface area contributed by atoms with Crippen molar-refractivity contribution in [1.29, 1.82) is 0 Å². The van der Waals surface area contributed by atoms with Crippen LogP contribution in [0.4, 0.5) is 0 Å². The molecule has 1 aliphatic heterocycles. The number of hydrogen-bond donors (Lipinski definition) is 4. The van der Waals surface area contributed by atoms with E-state index in [1.807, 2.05) is 0 Å². The number of hydrogen-bond acceptors (Lipinski definition) is 7. The van der Waals surface area contributed by atoms with Crippen molar-refractivity contribution in [2.24, 2.45) is 5.92 Å². The van der Waals surface area contributed by atoms with E-state index in [4.69, 9.17) is 23.9 Å². The van der Waals surface area contributed by atoms with Gasteiger partial charge in [-0.3, -0.25) is 4.52 Å². The predicted octanol–water partition coefficient (Wildman–Crippen LogP) is 1.60. The second-order valence-corrected chi connectivity index (χ2v) is 10.5. The Morgan fingerprint density at radius 1 is 1.08 bits per heavy atom. The lowest BCUT2D eigenvalue weighted by molar-refractivity contribution is -0.131. The molecule has 3 rings (SSSR count). The predicted molar refractivity (Wildman–Crippen MR) is 77.4 cm³/mol. The van der Waals surface area contributed by atoms with Gasteiger partial charge in [-0.25, -0.2) is 13.7 Å². The van der Waals surface area contributed by atoms with Crippen LogP contribution in [0.2, 0.25) is 0 Å². The first-order valence-electron chi connectivity index (χ1n) is 6.99. The fraction of sp³-hybridized carbons (Fsp3) is 0.800. The first-order valence-corrected chi connectivity index (χ1v) is 11.5. The number of phosphoric acid groups is 3. The first-order chi connectivity index (χ1) is 10.8.